The van der Waals surface area contributed by atoms with Crippen LogP contribution in [0.5, 0.6) is 0 Å². The van der Waals surface area contributed by atoms with Crippen molar-refractivity contribution in [2.75, 3.05) is 20.2 Å². The number of nitrogens with zero attached hydrogens (tertiary/aromatic N) is 2. The van der Waals surface area contributed by atoms with Crippen LogP contribution in [0, 0.1) is 0 Å². The molecular weight excluding hydrogens is 358 g/mol. The van der Waals surface area contributed by atoms with Crippen LogP contribution in [0.15, 0.2) is 53.7 Å². The van der Waals surface area contributed by atoms with E-state index in [0.717, 1.165) is 53.2 Å². The summed E-state index contributed by atoms with van der Waals surface area (Å²) in [6, 6.07) is 15.9. The zero-order valence-electron chi connectivity index (χ0n) is 15.4. The van der Waals surface area contributed by atoms with Crippen molar-refractivity contribution in [2.24, 2.45) is 0 Å². The van der Waals surface area contributed by atoms with Crippen LogP contribution in [0.1, 0.15) is 28.8 Å². The van der Waals surface area contributed by atoms with E-state index in [4.69, 9.17) is 4.74 Å². The molecule has 0 atom stereocenters. The number of likely N-dealkylation sites (tertiary alicyclic amines) is 1. The van der Waals surface area contributed by atoms with Gasteiger partial charge in [-0.3, -0.25) is 4.79 Å². The number of fused-ring (bicyclic) bond motifs is 1. The van der Waals surface area contributed by atoms with Crippen molar-refractivity contribution < 1.29 is 9.53 Å². The summed E-state index contributed by atoms with van der Waals surface area (Å²) in [6.07, 6.45) is 2.07. The van der Waals surface area contributed by atoms with Crippen molar-refractivity contribution in [3.05, 3.63) is 59.7 Å². The number of imidazole rings is 1. The second-order valence-electron chi connectivity index (χ2n) is 6.73. The SMILES string of the molecule is COC1CCN(C(=O)c2ccccc2CSc2nc3ccccc3[nH]2)CC1. The number of thioether (sulfide) groups is 1. The van der Waals surface area contributed by atoms with Crippen LogP contribution < -0.4 is 0 Å². The molecule has 0 aliphatic carbocycles. The van der Waals surface area contributed by atoms with Crippen LogP contribution in [0.4, 0.5) is 0 Å². The Bertz CT molecular complexity index is 899. The van der Waals surface area contributed by atoms with Gasteiger partial charge in [0.25, 0.3) is 5.91 Å². The van der Waals surface area contributed by atoms with E-state index in [0.29, 0.717) is 5.75 Å². The van der Waals surface area contributed by atoms with E-state index >= 15 is 0 Å². The summed E-state index contributed by atoms with van der Waals surface area (Å²) in [5.74, 6) is 0.821. The highest BCUT2D eigenvalue weighted by atomic mass is 32.2. The summed E-state index contributed by atoms with van der Waals surface area (Å²) in [4.78, 5) is 22.9. The van der Waals surface area contributed by atoms with Gasteiger partial charge in [0.2, 0.25) is 0 Å². The van der Waals surface area contributed by atoms with Gasteiger partial charge in [-0.15, -0.1) is 0 Å². The zero-order valence-corrected chi connectivity index (χ0v) is 16.2. The molecule has 6 heteroatoms. The first kappa shape index (κ1) is 18.1. The van der Waals surface area contributed by atoms with Gasteiger partial charge in [-0.05, 0) is 36.6 Å². The predicted molar refractivity (Wildman–Crippen MR) is 108 cm³/mol. The molecule has 2 aromatic carbocycles. The van der Waals surface area contributed by atoms with E-state index in [-0.39, 0.29) is 12.0 Å². The number of carbonyl (C=O) groups excluding carboxylic acids is 1. The van der Waals surface area contributed by atoms with Gasteiger partial charge in [0.1, 0.15) is 0 Å². The molecule has 1 amide bonds. The molecule has 0 unspecified atom stereocenters. The van der Waals surface area contributed by atoms with E-state index in [1.54, 1.807) is 18.9 Å². The fourth-order valence-corrected chi connectivity index (χ4v) is 4.35. The van der Waals surface area contributed by atoms with Crippen LogP contribution in [0.2, 0.25) is 0 Å². The molecule has 3 aromatic rings. The second-order valence-corrected chi connectivity index (χ2v) is 7.70. The average molecular weight is 382 g/mol. The van der Waals surface area contributed by atoms with Crippen LogP contribution in [-0.2, 0) is 10.5 Å². The molecule has 1 aliphatic heterocycles. The van der Waals surface area contributed by atoms with Gasteiger partial charge < -0.3 is 14.6 Å². The highest BCUT2D eigenvalue weighted by molar-refractivity contribution is 7.98. The van der Waals surface area contributed by atoms with E-state index < -0.39 is 0 Å². The summed E-state index contributed by atoms with van der Waals surface area (Å²) in [5.41, 5.74) is 3.83. The largest absolute Gasteiger partial charge is 0.381 e. The van der Waals surface area contributed by atoms with Crippen molar-refractivity contribution in [3.8, 4) is 0 Å². The summed E-state index contributed by atoms with van der Waals surface area (Å²) < 4.78 is 5.41. The van der Waals surface area contributed by atoms with Gasteiger partial charge in [0.05, 0.1) is 17.1 Å². The Morgan fingerprint density at radius 3 is 2.70 bits per heavy atom. The van der Waals surface area contributed by atoms with E-state index in [9.17, 15) is 4.79 Å². The number of hydrogen-bond acceptors (Lipinski definition) is 4. The number of aromatic nitrogens is 2. The van der Waals surface area contributed by atoms with Gasteiger partial charge in [0, 0.05) is 31.5 Å². The third-order valence-corrected chi connectivity index (χ3v) is 5.96. The Labute approximate surface area is 163 Å². The lowest BCUT2D eigenvalue weighted by Crippen LogP contribution is -2.40. The van der Waals surface area contributed by atoms with E-state index in [1.807, 2.05) is 53.4 Å². The number of para-hydroxylation sites is 2. The summed E-state index contributed by atoms with van der Waals surface area (Å²) in [5, 5.41) is 0.874. The third-order valence-electron chi connectivity index (χ3n) is 5.04. The fourth-order valence-electron chi connectivity index (χ4n) is 3.46. The predicted octanol–water partition coefficient (Wildman–Crippen LogP) is 4.11. The number of methoxy groups -OCH3 is 1. The molecule has 0 radical (unpaired) electrons. The number of benzene rings is 2. The van der Waals surface area contributed by atoms with Gasteiger partial charge in [0.15, 0.2) is 5.16 Å². The Kier molecular flexibility index (Phi) is 5.45. The summed E-state index contributed by atoms with van der Waals surface area (Å²) in [7, 11) is 1.74. The Balaban J connectivity index is 1.46. The Morgan fingerprint density at radius 1 is 1.19 bits per heavy atom. The van der Waals surface area contributed by atoms with Gasteiger partial charge in [-0.1, -0.05) is 42.1 Å². The number of ether oxygens (including phenoxy) is 1. The average Bonchev–Trinajstić information content (AvgIpc) is 3.15. The van der Waals surface area contributed by atoms with E-state index in [1.165, 1.54) is 0 Å². The smallest absolute Gasteiger partial charge is 0.254 e. The number of aromatic amines is 1. The molecule has 5 nitrogen and oxygen atoms in total. The molecule has 0 saturated carbocycles. The number of carbonyl (C=O) groups is 1. The molecule has 1 fully saturated rings. The number of rotatable bonds is 5. The Hall–Kier alpha value is -2.31. The third kappa shape index (κ3) is 4.01. The van der Waals surface area contributed by atoms with Crippen LogP contribution in [-0.4, -0.2) is 47.1 Å². The minimum atomic E-state index is 0.116. The highest BCUT2D eigenvalue weighted by Gasteiger charge is 2.24. The molecule has 140 valence electrons. The second kappa shape index (κ2) is 8.15. The maximum Gasteiger partial charge on any atom is 0.254 e. The molecule has 1 saturated heterocycles. The quantitative estimate of drug-likeness (QED) is 0.676. The lowest BCUT2D eigenvalue weighted by molar-refractivity contribution is 0.0350. The molecule has 1 aromatic heterocycles. The number of nitrogens with one attached hydrogen (secondary N) is 1. The maximum atomic E-state index is 13.0. The van der Waals surface area contributed by atoms with E-state index in [2.05, 4.69) is 9.97 Å². The standard InChI is InChI=1S/C21H23N3O2S/c1-26-16-10-12-24(13-11-16)20(25)17-7-3-2-6-15(17)14-27-21-22-18-8-4-5-9-19(18)23-21/h2-9,16H,10-14H2,1H3,(H,22,23). The first-order chi connectivity index (χ1) is 13.2. The highest BCUT2D eigenvalue weighted by Crippen LogP contribution is 2.26. The lowest BCUT2D eigenvalue weighted by atomic mass is 10.0. The van der Waals surface area contributed by atoms with Crippen LogP contribution in [0.25, 0.3) is 11.0 Å². The summed E-state index contributed by atoms with van der Waals surface area (Å²) >= 11 is 1.62. The molecule has 27 heavy (non-hydrogen) atoms. The number of amides is 1. The van der Waals surface area contributed by atoms with Crippen LogP contribution >= 0.6 is 11.8 Å². The number of piperidine rings is 1. The number of H-pyrrole nitrogens is 1. The van der Waals surface area contributed by atoms with Crippen molar-refractivity contribution in [3.63, 3.8) is 0 Å². The minimum absolute atomic E-state index is 0.116. The topological polar surface area (TPSA) is 58.2 Å². The molecule has 2 heterocycles. The monoisotopic (exact) mass is 381 g/mol. The molecular formula is C21H23N3O2S. The normalized spacial score (nSPS) is 15.4. The van der Waals surface area contributed by atoms with Crippen molar-refractivity contribution in [1.82, 2.24) is 14.9 Å². The van der Waals surface area contributed by atoms with Crippen LogP contribution in [0.3, 0.4) is 0 Å². The first-order valence-corrected chi connectivity index (χ1v) is 10.2. The van der Waals surface area contributed by atoms with Crippen molar-refractivity contribution >= 4 is 28.7 Å². The van der Waals surface area contributed by atoms with Crippen molar-refractivity contribution in [1.29, 1.82) is 0 Å². The fraction of sp³-hybridized carbons (Fsp3) is 0.333. The van der Waals surface area contributed by atoms with Crippen molar-refractivity contribution in [2.45, 2.75) is 29.9 Å². The Morgan fingerprint density at radius 2 is 1.93 bits per heavy atom. The molecule has 0 bridgehead atoms. The first-order valence-electron chi connectivity index (χ1n) is 9.22. The molecule has 0 spiro atoms. The van der Waals surface area contributed by atoms with Gasteiger partial charge >= 0.3 is 0 Å². The molecule has 4 rings (SSSR count). The molecule has 1 N–H and O–H groups in total. The van der Waals surface area contributed by atoms with Gasteiger partial charge in [-0.25, -0.2) is 4.98 Å². The summed E-state index contributed by atoms with van der Waals surface area (Å²) in [6.45, 7) is 1.50. The minimum Gasteiger partial charge on any atom is -0.381 e. The zero-order chi connectivity index (χ0) is 18.6. The molecule has 1 aliphatic rings. The maximum absolute atomic E-state index is 13.0. The lowest BCUT2D eigenvalue weighted by Gasteiger charge is -2.31. The van der Waals surface area contributed by atoms with Gasteiger partial charge in [-0.2, -0.15) is 0 Å². The number of hydrogen-bond donors (Lipinski definition) is 1.